The number of ether oxygens (including phenoxy) is 1. The van der Waals surface area contributed by atoms with E-state index in [1.54, 1.807) is 0 Å². The molecule has 0 aliphatic rings. The lowest BCUT2D eigenvalue weighted by Crippen LogP contribution is -2.26. The van der Waals surface area contributed by atoms with Crippen LogP contribution in [0.15, 0.2) is 12.1 Å². The molecule has 4 N–H and O–H groups in total. The van der Waals surface area contributed by atoms with Gasteiger partial charge < -0.3 is 20.7 Å². The zero-order valence-electron chi connectivity index (χ0n) is 11.1. The molecule has 1 heterocycles. The number of rotatable bonds is 5. The molecule has 0 saturated heterocycles. The molecule has 9 heteroatoms. The van der Waals surface area contributed by atoms with Crippen LogP contribution in [0.25, 0.3) is 0 Å². The van der Waals surface area contributed by atoms with Crippen molar-refractivity contribution in [3.05, 3.63) is 23.4 Å². The molecule has 21 heavy (non-hydrogen) atoms. The standard InChI is InChI=1S/C12H15F3N2O4/c1-2-21-9(19)5-7(18)10(20)6-3-4-8(16)17-11(6)12(13,14)15/h3-4,7,10,18,20H,2,5H2,1H3,(H2,16,17). The molecule has 0 radical (unpaired) electrons. The first-order valence-electron chi connectivity index (χ1n) is 6.02. The van der Waals surface area contributed by atoms with Crippen molar-refractivity contribution in [1.29, 1.82) is 0 Å². The van der Waals surface area contributed by atoms with Gasteiger partial charge in [-0.15, -0.1) is 0 Å². The third kappa shape index (κ3) is 4.57. The van der Waals surface area contributed by atoms with Crippen LogP contribution in [0.4, 0.5) is 19.0 Å². The third-order valence-corrected chi connectivity index (χ3v) is 2.58. The van der Waals surface area contributed by atoms with Crippen LogP contribution in [-0.4, -0.2) is 33.9 Å². The summed E-state index contributed by atoms with van der Waals surface area (Å²) in [7, 11) is 0. The lowest BCUT2D eigenvalue weighted by atomic mass is 10.00. The molecule has 1 aromatic rings. The van der Waals surface area contributed by atoms with Gasteiger partial charge in [0.1, 0.15) is 11.9 Å². The summed E-state index contributed by atoms with van der Waals surface area (Å²) in [6, 6.07) is 1.97. The predicted octanol–water partition coefficient (Wildman–Crippen LogP) is 1.03. The van der Waals surface area contributed by atoms with Gasteiger partial charge in [0, 0.05) is 5.56 Å². The van der Waals surface area contributed by atoms with E-state index in [2.05, 4.69) is 9.72 Å². The maximum absolute atomic E-state index is 12.8. The number of nitrogen functional groups attached to an aromatic ring is 1. The first kappa shape index (κ1) is 17.2. The van der Waals surface area contributed by atoms with Crippen molar-refractivity contribution in [2.45, 2.75) is 31.7 Å². The van der Waals surface area contributed by atoms with Gasteiger partial charge in [0.2, 0.25) is 0 Å². The number of hydrogen-bond donors (Lipinski definition) is 3. The summed E-state index contributed by atoms with van der Waals surface area (Å²) < 4.78 is 43.0. The first-order chi connectivity index (χ1) is 9.66. The summed E-state index contributed by atoms with van der Waals surface area (Å²) >= 11 is 0. The molecule has 2 atom stereocenters. The molecule has 0 amide bonds. The van der Waals surface area contributed by atoms with E-state index in [9.17, 15) is 28.2 Å². The number of halogens is 3. The van der Waals surface area contributed by atoms with Gasteiger partial charge in [0.05, 0.1) is 19.1 Å². The number of carbonyl (C=O) groups is 1. The number of carbonyl (C=O) groups excluding carboxylic acids is 1. The van der Waals surface area contributed by atoms with Crippen molar-refractivity contribution in [3.63, 3.8) is 0 Å². The highest BCUT2D eigenvalue weighted by Crippen LogP contribution is 2.35. The van der Waals surface area contributed by atoms with Gasteiger partial charge in [0.25, 0.3) is 0 Å². The molecule has 0 aliphatic carbocycles. The molecule has 1 rings (SSSR count). The quantitative estimate of drug-likeness (QED) is 0.702. The topological polar surface area (TPSA) is 106 Å². The number of hydrogen-bond acceptors (Lipinski definition) is 6. The van der Waals surface area contributed by atoms with E-state index < -0.39 is 42.0 Å². The van der Waals surface area contributed by atoms with Crippen molar-refractivity contribution in [1.82, 2.24) is 4.98 Å². The molecular weight excluding hydrogens is 293 g/mol. The van der Waals surface area contributed by atoms with Crippen molar-refractivity contribution in [3.8, 4) is 0 Å². The van der Waals surface area contributed by atoms with Crippen molar-refractivity contribution in [2.75, 3.05) is 12.3 Å². The van der Waals surface area contributed by atoms with Crippen LogP contribution in [0.1, 0.15) is 30.7 Å². The van der Waals surface area contributed by atoms with Gasteiger partial charge in [-0.25, -0.2) is 4.98 Å². The fraction of sp³-hybridized carbons (Fsp3) is 0.500. The Morgan fingerprint density at radius 2 is 2.05 bits per heavy atom. The second-order valence-electron chi connectivity index (χ2n) is 4.19. The molecule has 0 aliphatic heterocycles. The zero-order valence-corrected chi connectivity index (χ0v) is 11.1. The third-order valence-electron chi connectivity index (χ3n) is 2.58. The number of aliphatic hydroxyl groups excluding tert-OH is 2. The van der Waals surface area contributed by atoms with Gasteiger partial charge in [-0.2, -0.15) is 13.2 Å². The van der Waals surface area contributed by atoms with E-state index in [-0.39, 0.29) is 12.4 Å². The van der Waals surface area contributed by atoms with E-state index in [1.165, 1.54) is 6.92 Å². The van der Waals surface area contributed by atoms with E-state index in [0.29, 0.717) is 0 Å². The van der Waals surface area contributed by atoms with Crippen LogP contribution >= 0.6 is 0 Å². The van der Waals surface area contributed by atoms with Crippen LogP contribution < -0.4 is 5.73 Å². The molecule has 0 spiro atoms. The lowest BCUT2D eigenvalue weighted by molar-refractivity contribution is -0.148. The first-order valence-corrected chi connectivity index (χ1v) is 6.02. The Hall–Kier alpha value is -1.87. The van der Waals surface area contributed by atoms with Crippen LogP contribution in [-0.2, 0) is 15.7 Å². The maximum Gasteiger partial charge on any atom is 0.433 e. The van der Waals surface area contributed by atoms with Gasteiger partial charge in [-0.3, -0.25) is 4.79 Å². The van der Waals surface area contributed by atoms with E-state index in [0.717, 1.165) is 12.1 Å². The lowest BCUT2D eigenvalue weighted by Gasteiger charge is -2.20. The number of alkyl halides is 3. The average molecular weight is 308 g/mol. The molecule has 2 unspecified atom stereocenters. The van der Waals surface area contributed by atoms with Gasteiger partial charge in [0.15, 0.2) is 5.69 Å². The maximum atomic E-state index is 12.8. The highest BCUT2D eigenvalue weighted by atomic mass is 19.4. The minimum Gasteiger partial charge on any atom is -0.466 e. The van der Waals surface area contributed by atoms with Crippen molar-refractivity contribution in [2.24, 2.45) is 0 Å². The summed E-state index contributed by atoms with van der Waals surface area (Å²) in [4.78, 5) is 14.3. The summed E-state index contributed by atoms with van der Waals surface area (Å²) in [6.07, 6.45) is -9.19. The molecule has 6 nitrogen and oxygen atoms in total. The fourth-order valence-corrected chi connectivity index (χ4v) is 1.66. The number of aromatic nitrogens is 1. The van der Waals surface area contributed by atoms with Crippen molar-refractivity contribution >= 4 is 11.8 Å². The Morgan fingerprint density at radius 3 is 2.57 bits per heavy atom. The van der Waals surface area contributed by atoms with E-state index >= 15 is 0 Å². The van der Waals surface area contributed by atoms with E-state index in [4.69, 9.17) is 5.73 Å². The van der Waals surface area contributed by atoms with Gasteiger partial charge in [-0.1, -0.05) is 6.07 Å². The molecule has 0 saturated carbocycles. The molecule has 0 fully saturated rings. The predicted molar refractivity (Wildman–Crippen MR) is 65.9 cm³/mol. The molecule has 1 aromatic heterocycles. The fourth-order valence-electron chi connectivity index (χ4n) is 1.66. The van der Waals surface area contributed by atoms with E-state index in [1.807, 2.05) is 0 Å². The largest absolute Gasteiger partial charge is 0.466 e. The minimum absolute atomic E-state index is 0.0544. The monoisotopic (exact) mass is 308 g/mol. The second-order valence-corrected chi connectivity index (χ2v) is 4.19. The Bertz CT molecular complexity index is 508. The van der Waals surface area contributed by atoms with Gasteiger partial charge >= 0.3 is 12.1 Å². The Labute approximate surface area is 118 Å². The Kier molecular flexibility index (Phi) is 5.50. The Balaban J connectivity index is 3.01. The summed E-state index contributed by atoms with van der Waals surface area (Å²) in [6.45, 7) is 1.59. The molecule has 0 bridgehead atoms. The second kappa shape index (κ2) is 6.72. The zero-order chi connectivity index (χ0) is 16.2. The van der Waals surface area contributed by atoms with Crippen LogP contribution in [0.3, 0.4) is 0 Å². The molecule has 0 aromatic carbocycles. The highest BCUT2D eigenvalue weighted by Gasteiger charge is 2.38. The van der Waals surface area contributed by atoms with Crippen molar-refractivity contribution < 1.29 is 32.9 Å². The summed E-state index contributed by atoms with van der Waals surface area (Å²) in [5, 5.41) is 19.5. The molecule has 118 valence electrons. The SMILES string of the molecule is CCOC(=O)CC(O)C(O)c1ccc(N)nc1C(F)(F)F. The number of nitrogens with two attached hydrogens (primary N) is 1. The summed E-state index contributed by atoms with van der Waals surface area (Å²) in [5.41, 5.74) is 3.13. The number of aliphatic hydroxyl groups is 2. The molecular formula is C12H15F3N2O4. The normalized spacial score (nSPS) is 14.6. The minimum atomic E-state index is -4.85. The smallest absolute Gasteiger partial charge is 0.433 e. The summed E-state index contributed by atoms with van der Waals surface area (Å²) in [5.74, 6) is -1.21. The van der Waals surface area contributed by atoms with Crippen LogP contribution in [0, 0.1) is 0 Å². The number of anilines is 1. The number of esters is 1. The number of pyridine rings is 1. The van der Waals surface area contributed by atoms with Gasteiger partial charge in [-0.05, 0) is 13.0 Å². The highest BCUT2D eigenvalue weighted by molar-refractivity contribution is 5.70. The Morgan fingerprint density at radius 1 is 1.43 bits per heavy atom. The van der Waals surface area contributed by atoms with Crippen LogP contribution in [0.2, 0.25) is 0 Å². The average Bonchev–Trinajstić information content (AvgIpc) is 2.37. The van der Waals surface area contributed by atoms with Crippen LogP contribution in [0.5, 0.6) is 0 Å². The number of nitrogens with zero attached hydrogens (tertiary/aromatic N) is 1.